The lowest BCUT2D eigenvalue weighted by atomic mass is 9.74. The van der Waals surface area contributed by atoms with Crippen LogP contribution in [0.5, 0.6) is 5.75 Å². The van der Waals surface area contributed by atoms with Crippen LogP contribution in [0.25, 0.3) is 0 Å². The van der Waals surface area contributed by atoms with Crippen molar-refractivity contribution >= 4 is 29.0 Å². The fourth-order valence-corrected chi connectivity index (χ4v) is 4.68. The van der Waals surface area contributed by atoms with E-state index in [0.717, 1.165) is 43.9 Å². The van der Waals surface area contributed by atoms with E-state index >= 15 is 0 Å². The Morgan fingerprint density at radius 1 is 1.28 bits per heavy atom. The molecule has 5 nitrogen and oxygen atoms in total. The van der Waals surface area contributed by atoms with Gasteiger partial charge in [-0.25, -0.2) is 4.79 Å². The average molecular weight is 412 g/mol. The van der Waals surface area contributed by atoms with Gasteiger partial charge >= 0.3 is 6.03 Å². The van der Waals surface area contributed by atoms with E-state index in [-0.39, 0.29) is 11.4 Å². The maximum Gasteiger partial charge on any atom is 0.326 e. The number of hydrogen-bond acceptors (Lipinski definition) is 3. The minimum Gasteiger partial charge on any atom is -0.497 e. The molecule has 0 aliphatic carbocycles. The van der Waals surface area contributed by atoms with E-state index < -0.39 is 0 Å². The zero-order valence-electron chi connectivity index (χ0n) is 16.7. The molecular weight excluding hydrogens is 386 g/mol. The Labute approximate surface area is 176 Å². The van der Waals surface area contributed by atoms with Gasteiger partial charge in [0.25, 0.3) is 0 Å². The number of carbonyl (C=O) groups excluding carboxylic acids is 1. The van der Waals surface area contributed by atoms with Crippen molar-refractivity contribution in [2.75, 3.05) is 43.5 Å². The van der Waals surface area contributed by atoms with Gasteiger partial charge in [-0.15, -0.1) is 6.58 Å². The molecule has 6 heteroatoms. The van der Waals surface area contributed by atoms with Crippen LogP contribution in [0, 0.1) is 0 Å². The van der Waals surface area contributed by atoms with E-state index in [0.29, 0.717) is 17.3 Å². The first-order valence-corrected chi connectivity index (χ1v) is 10.3. The fraction of sp³-hybridized carbons (Fsp3) is 0.348. The summed E-state index contributed by atoms with van der Waals surface area (Å²) in [6.07, 6.45) is 3.96. The van der Waals surface area contributed by atoms with Gasteiger partial charge in [0.05, 0.1) is 7.11 Å². The molecule has 1 N–H and O–H groups in total. The van der Waals surface area contributed by atoms with Gasteiger partial charge in [0.15, 0.2) is 0 Å². The highest BCUT2D eigenvalue weighted by molar-refractivity contribution is 6.30. The number of nitrogens with one attached hydrogen (secondary N) is 1. The predicted octanol–water partition coefficient (Wildman–Crippen LogP) is 4.92. The van der Waals surface area contributed by atoms with Crippen molar-refractivity contribution in [3.05, 3.63) is 65.7 Å². The molecule has 2 aromatic carbocycles. The first-order chi connectivity index (χ1) is 14.0. The van der Waals surface area contributed by atoms with E-state index in [2.05, 4.69) is 22.9 Å². The van der Waals surface area contributed by atoms with E-state index in [1.807, 2.05) is 35.2 Å². The molecule has 2 aliphatic rings. The van der Waals surface area contributed by atoms with Crippen molar-refractivity contribution in [1.82, 2.24) is 4.90 Å². The third kappa shape index (κ3) is 3.85. The van der Waals surface area contributed by atoms with Crippen LogP contribution in [0.4, 0.5) is 16.2 Å². The zero-order chi connectivity index (χ0) is 20.4. The Bertz CT molecular complexity index is 922. The molecule has 0 bridgehead atoms. The number of amides is 2. The molecule has 4 rings (SSSR count). The second-order valence-corrected chi connectivity index (χ2v) is 8.22. The van der Waals surface area contributed by atoms with E-state index in [4.69, 9.17) is 16.3 Å². The Morgan fingerprint density at radius 3 is 2.76 bits per heavy atom. The smallest absolute Gasteiger partial charge is 0.326 e. The normalized spacial score (nSPS) is 17.8. The number of methoxy groups -OCH3 is 1. The molecule has 2 heterocycles. The zero-order valence-corrected chi connectivity index (χ0v) is 17.4. The summed E-state index contributed by atoms with van der Waals surface area (Å²) in [6, 6.07) is 13.1. The standard InChI is InChI=1S/C23H26ClN3O2/c1-3-11-26-12-9-23(10-13-26)16-27(21-8-7-19(29-2)15-20(21)23)22(28)25-18-6-4-5-17(24)14-18/h3-8,14-15H,1,9-13,16H2,2H3,(H,25,28). The van der Waals surface area contributed by atoms with Crippen LogP contribution >= 0.6 is 11.6 Å². The number of ether oxygens (including phenoxy) is 1. The van der Waals surface area contributed by atoms with E-state index in [1.165, 1.54) is 5.56 Å². The van der Waals surface area contributed by atoms with Crippen LogP contribution in [0.2, 0.25) is 5.02 Å². The summed E-state index contributed by atoms with van der Waals surface area (Å²) in [7, 11) is 1.68. The largest absolute Gasteiger partial charge is 0.497 e. The molecule has 2 amide bonds. The van der Waals surface area contributed by atoms with Crippen LogP contribution in [-0.4, -0.2) is 44.2 Å². The van der Waals surface area contributed by atoms with Crippen LogP contribution < -0.4 is 15.0 Å². The molecule has 152 valence electrons. The summed E-state index contributed by atoms with van der Waals surface area (Å²) in [5, 5.41) is 3.59. The highest BCUT2D eigenvalue weighted by atomic mass is 35.5. The van der Waals surface area contributed by atoms with Crippen molar-refractivity contribution in [3.63, 3.8) is 0 Å². The maximum atomic E-state index is 13.2. The van der Waals surface area contributed by atoms with Crippen LogP contribution in [0.1, 0.15) is 18.4 Å². The van der Waals surface area contributed by atoms with Gasteiger partial charge in [-0.1, -0.05) is 23.7 Å². The molecule has 0 aromatic heterocycles. The molecule has 29 heavy (non-hydrogen) atoms. The average Bonchev–Trinajstić information content (AvgIpc) is 3.04. The third-order valence-electron chi connectivity index (χ3n) is 6.05. The molecule has 0 radical (unpaired) electrons. The summed E-state index contributed by atoms with van der Waals surface area (Å²) in [5.41, 5.74) is 2.81. The predicted molar refractivity (Wildman–Crippen MR) is 118 cm³/mol. The topological polar surface area (TPSA) is 44.8 Å². The number of nitrogens with zero attached hydrogens (tertiary/aromatic N) is 2. The van der Waals surface area contributed by atoms with Crippen molar-refractivity contribution < 1.29 is 9.53 Å². The quantitative estimate of drug-likeness (QED) is 0.726. The number of rotatable bonds is 4. The second kappa shape index (κ2) is 8.09. The number of urea groups is 1. The monoisotopic (exact) mass is 411 g/mol. The minimum atomic E-state index is -0.135. The second-order valence-electron chi connectivity index (χ2n) is 7.78. The lowest BCUT2D eigenvalue weighted by Gasteiger charge is -2.39. The van der Waals surface area contributed by atoms with Gasteiger partial charge < -0.3 is 10.1 Å². The van der Waals surface area contributed by atoms with Gasteiger partial charge in [-0.05, 0) is 67.9 Å². The van der Waals surface area contributed by atoms with Gasteiger partial charge in [0, 0.05) is 34.9 Å². The fourth-order valence-electron chi connectivity index (χ4n) is 4.49. The molecular formula is C23H26ClN3O2. The van der Waals surface area contributed by atoms with Crippen LogP contribution in [0.3, 0.4) is 0 Å². The number of halogens is 1. The Kier molecular flexibility index (Phi) is 5.52. The van der Waals surface area contributed by atoms with Gasteiger partial charge in [0.1, 0.15) is 5.75 Å². The molecule has 0 saturated carbocycles. The Hall–Kier alpha value is -2.50. The number of piperidine rings is 1. The molecule has 2 aliphatic heterocycles. The van der Waals surface area contributed by atoms with Crippen LogP contribution in [0.15, 0.2) is 55.1 Å². The lowest BCUT2D eigenvalue weighted by molar-refractivity contribution is 0.180. The Balaban J connectivity index is 1.62. The van der Waals surface area contributed by atoms with Crippen molar-refractivity contribution in [2.24, 2.45) is 0 Å². The summed E-state index contributed by atoms with van der Waals surface area (Å²) < 4.78 is 5.48. The maximum absolute atomic E-state index is 13.2. The number of benzene rings is 2. The number of hydrogen-bond donors (Lipinski definition) is 1. The molecule has 1 spiro atoms. The van der Waals surface area contributed by atoms with Crippen LogP contribution in [-0.2, 0) is 5.41 Å². The highest BCUT2D eigenvalue weighted by Gasteiger charge is 2.46. The number of fused-ring (bicyclic) bond motifs is 2. The van der Waals surface area contributed by atoms with Gasteiger partial charge in [0.2, 0.25) is 0 Å². The molecule has 0 unspecified atom stereocenters. The van der Waals surface area contributed by atoms with E-state index in [1.54, 1.807) is 19.2 Å². The first-order valence-electron chi connectivity index (χ1n) is 9.90. The van der Waals surface area contributed by atoms with Crippen molar-refractivity contribution in [3.8, 4) is 5.75 Å². The number of carbonyl (C=O) groups is 1. The number of anilines is 2. The van der Waals surface area contributed by atoms with Gasteiger partial charge in [-0.3, -0.25) is 9.80 Å². The summed E-state index contributed by atoms with van der Waals surface area (Å²) in [5.74, 6) is 0.828. The van der Waals surface area contributed by atoms with Crippen molar-refractivity contribution in [2.45, 2.75) is 18.3 Å². The highest BCUT2D eigenvalue weighted by Crippen LogP contribution is 2.48. The summed E-state index contributed by atoms with van der Waals surface area (Å²) in [4.78, 5) is 17.4. The molecule has 1 saturated heterocycles. The third-order valence-corrected chi connectivity index (χ3v) is 6.28. The van der Waals surface area contributed by atoms with Gasteiger partial charge in [-0.2, -0.15) is 0 Å². The first kappa shape index (κ1) is 19.8. The van der Waals surface area contributed by atoms with E-state index in [9.17, 15) is 4.79 Å². The summed E-state index contributed by atoms with van der Waals surface area (Å²) >= 11 is 6.07. The molecule has 2 aromatic rings. The lowest BCUT2D eigenvalue weighted by Crippen LogP contribution is -2.46. The Morgan fingerprint density at radius 2 is 2.07 bits per heavy atom. The SMILES string of the molecule is C=CCN1CCC2(CC1)CN(C(=O)Nc1cccc(Cl)c1)c1ccc(OC)cc12. The molecule has 0 atom stereocenters. The van der Waals surface area contributed by atoms with Crippen molar-refractivity contribution in [1.29, 1.82) is 0 Å². The summed E-state index contributed by atoms with van der Waals surface area (Å²) in [6.45, 7) is 7.41. The molecule has 1 fully saturated rings. The minimum absolute atomic E-state index is 0.0484. The number of likely N-dealkylation sites (tertiary alicyclic amines) is 1.